The average Bonchev–Trinajstić information content (AvgIpc) is 2.68. The number of benzene rings is 2. The van der Waals surface area contributed by atoms with Crippen molar-refractivity contribution in [1.82, 2.24) is 0 Å². The minimum atomic E-state index is -0.0840. The number of halogens is 1. The third-order valence-electron chi connectivity index (χ3n) is 4.40. The van der Waals surface area contributed by atoms with Gasteiger partial charge in [0.15, 0.2) is 11.3 Å². The van der Waals surface area contributed by atoms with Gasteiger partial charge >= 0.3 is 0 Å². The van der Waals surface area contributed by atoms with E-state index in [0.29, 0.717) is 28.0 Å². The number of methoxy groups -OCH3 is 2. The second-order valence-corrected chi connectivity index (χ2v) is 6.79. The van der Waals surface area contributed by atoms with E-state index in [1.165, 1.54) is 18.9 Å². The van der Waals surface area contributed by atoms with Crippen molar-refractivity contribution in [2.45, 2.75) is 19.3 Å². The summed E-state index contributed by atoms with van der Waals surface area (Å²) < 4.78 is 16.4. The van der Waals surface area contributed by atoms with Crippen LogP contribution in [0.2, 0.25) is 0 Å². The first-order chi connectivity index (χ1) is 12.7. The lowest BCUT2D eigenvalue weighted by atomic mass is 10.0. The largest absolute Gasteiger partial charge is 0.493 e. The summed E-state index contributed by atoms with van der Waals surface area (Å²) in [7, 11) is 3.08. The average molecular weight is 417 g/mol. The topological polar surface area (TPSA) is 48.7 Å². The van der Waals surface area contributed by atoms with Gasteiger partial charge in [-0.15, -0.1) is 0 Å². The molecule has 0 aliphatic carbocycles. The van der Waals surface area contributed by atoms with E-state index in [0.717, 1.165) is 30.2 Å². The second-order valence-electron chi connectivity index (χ2n) is 6.00. The van der Waals surface area contributed by atoms with Crippen molar-refractivity contribution in [3.8, 4) is 22.6 Å². The fraction of sp³-hybridized carbons (Fsp3) is 0.286. The Bertz CT molecular complexity index is 945. The highest BCUT2D eigenvalue weighted by atomic mass is 79.9. The maximum absolute atomic E-state index is 12.9. The Kier molecular flexibility index (Phi) is 5.99. The molecule has 0 aliphatic rings. The summed E-state index contributed by atoms with van der Waals surface area (Å²) >= 11 is 3.45. The highest BCUT2D eigenvalue weighted by Crippen LogP contribution is 2.35. The van der Waals surface area contributed by atoms with Crippen LogP contribution in [-0.4, -0.2) is 19.5 Å². The van der Waals surface area contributed by atoms with Gasteiger partial charge < -0.3 is 13.9 Å². The first-order valence-corrected chi connectivity index (χ1v) is 9.63. The van der Waals surface area contributed by atoms with Gasteiger partial charge in [-0.05, 0) is 42.5 Å². The zero-order valence-corrected chi connectivity index (χ0v) is 16.5. The number of fused-ring (bicyclic) bond motifs is 1. The molecule has 1 aromatic heterocycles. The molecule has 0 aliphatic heterocycles. The van der Waals surface area contributed by atoms with Crippen LogP contribution in [0.15, 0.2) is 51.9 Å². The summed E-state index contributed by atoms with van der Waals surface area (Å²) in [5.74, 6) is 0.958. The molecule has 0 fully saturated rings. The van der Waals surface area contributed by atoms with Gasteiger partial charge in [0, 0.05) is 5.33 Å². The quantitative estimate of drug-likeness (QED) is 0.392. The second kappa shape index (κ2) is 8.41. The van der Waals surface area contributed by atoms with E-state index in [4.69, 9.17) is 13.9 Å². The fourth-order valence-electron chi connectivity index (χ4n) is 2.98. The summed E-state index contributed by atoms with van der Waals surface area (Å²) in [5, 5.41) is 1.50. The van der Waals surface area contributed by atoms with E-state index < -0.39 is 0 Å². The van der Waals surface area contributed by atoms with Crippen molar-refractivity contribution in [3.05, 3.63) is 58.4 Å². The Labute approximate surface area is 160 Å². The number of ether oxygens (including phenoxy) is 2. The van der Waals surface area contributed by atoms with Crippen LogP contribution >= 0.6 is 15.9 Å². The Balaban J connectivity index is 1.98. The molecular weight excluding hydrogens is 396 g/mol. The maximum atomic E-state index is 12.9. The Morgan fingerprint density at radius 1 is 1.00 bits per heavy atom. The molecule has 4 nitrogen and oxygen atoms in total. The summed E-state index contributed by atoms with van der Waals surface area (Å²) in [6, 6.07) is 11.5. The smallest absolute Gasteiger partial charge is 0.204 e. The Morgan fingerprint density at radius 2 is 1.77 bits per heavy atom. The lowest BCUT2D eigenvalue weighted by molar-refractivity contribution is 0.353. The van der Waals surface area contributed by atoms with E-state index in [-0.39, 0.29) is 5.43 Å². The first kappa shape index (κ1) is 18.5. The lowest BCUT2D eigenvalue weighted by Gasteiger charge is -2.10. The van der Waals surface area contributed by atoms with Crippen molar-refractivity contribution in [2.75, 3.05) is 19.5 Å². The van der Waals surface area contributed by atoms with E-state index in [2.05, 4.69) is 28.1 Å². The number of alkyl halides is 1. The molecule has 136 valence electrons. The monoisotopic (exact) mass is 416 g/mol. The lowest BCUT2D eigenvalue weighted by Crippen LogP contribution is -2.06. The van der Waals surface area contributed by atoms with Crippen LogP contribution in [0.25, 0.3) is 22.1 Å². The molecule has 0 radical (unpaired) electrons. The van der Waals surface area contributed by atoms with Crippen molar-refractivity contribution >= 4 is 26.9 Å². The number of hydrogen-bond acceptors (Lipinski definition) is 4. The van der Waals surface area contributed by atoms with Gasteiger partial charge in [0.1, 0.15) is 6.26 Å². The summed E-state index contributed by atoms with van der Waals surface area (Å²) in [4.78, 5) is 12.9. The molecule has 3 aromatic rings. The molecule has 5 heteroatoms. The highest BCUT2D eigenvalue weighted by Gasteiger charge is 2.16. The summed E-state index contributed by atoms with van der Waals surface area (Å²) in [5.41, 5.74) is 2.97. The molecule has 0 atom stereocenters. The molecular formula is C21H21BrO4. The van der Waals surface area contributed by atoms with Gasteiger partial charge in [0.2, 0.25) is 11.2 Å². The summed E-state index contributed by atoms with van der Waals surface area (Å²) in [6.45, 7) is 0. The minimum Gasteiger partial charge on any atom is -0.493 e. The van der Waals surface area contributed by atoms with Crippen LogP contribution in [0.5, 0.6) is 11.5 Å². The third kappa shape index (κ3) is 3.63. The number of unbranched alkanes of at least 4 members (excludes halogenated alkanes) is 1. The summed E-state index contributed by atoms with van der Waals surface area (Å²) in [6.07, 6.45) is 4.83. The molecule has 1 heterocycles. The van der Waals surface area contributed by atoms with Gasteiger partial charge in [0.05, 0.1) is 25.2 Å². The molecule has 3 rings (SSSR count). The van der Waals surface area contributed by atoms with Crippen LogP contribution in [-0.2, 0) is 6.42 Å². The van der Waals surface area contributed by atoms with E-state index in [1.54, 1.807) is 19.2 Å². The van der Waals surface area contributed by atoms with Crippen molar-refractivity contribution in [2.24, 2.45) is 0 Å². The first-order valence-electron chi connectivity index (χ1n) is 8.51. The molecule has 0 spiro atoms. The number of rotatable bonds is 7. The molecule has 0 N–H and O–H groups in total. The van der Waals surface area contributed by atoms with E-state index in [1.807, 2.05) is 12.1 Å². The third-order valence-corrected chi connectivity index (χ3v) is 4.96. The zero-order chi connectivity index (χ0) is 18.5. The standard InChI is InChI=1S/C21H21BrO4/c1-24-18-11-10-16-19(23)17(13-26-20(16)21(18)25-2)15-8-6-14(7-9-15)5-3-4-12-22/h6-11,13H,3-5,12H2,1-2H3. The number of aryl methyl sites for hydroxylation is 1. The molecule has 26 heavy (non-hydrogen) atoms. The zero-order valence-electron chi connectivity index (χ0n) is 14.9. The highest BCUT2D eigenvalue weighted by molar-refractivity contribution is 9.09. The predicted octanol–water partition coefficient (Wildman–Crippen LogP) is 5.19. The Morgan fingerprint density at radius 3 is 2.42 bits per heavy atom. The fourth-order valence-corrected chi connectivity index (χ4v) is 3.38. The van der Waals surface area contributed by atoms with Crippen LogP contribution in [0, 0.1) is 0 Å². The molecule has 0 unspecified atom stereocenters. The SMILES string of the molecule is COc1ccc2c(=O)c(-c3ccc(CCCCBr)cc3)coc2c1OC. The van der Waals surface area contributed by atoms with Crippen LogP contribution in [0.3, 0.4) is 0 Å². The molecule has 0 saturated heterocycles. The van der Waals surface area contributed by atoms with Gasteiger partial charge in [-0.25, -0.2) is 0 Å². The predicted molar refractivity (Wildman–Crippen MR) is 108 cm³/mol. The Hall–Kier alpha value is -2.27. The molecule has 2 aromatic carbocycles. The van der Waals surface area contributed by atoms with Crippen LogP contribution in [0.1, 0.15) is 18.4 Å². The van der Waals surface area contributed by atoms with Crippen LogP contribution in [0.4, 0.5) is 0 Å². The van der Waals surface area contributed by atoms with E-state index in [9.17, 15) is 4.79 Å². The normalized spacial score (nSPS) is 10.9. The van der Waals surface area contributed by atoms with Gasteiger partial charge in [-0.1, -0.05) is 40.2 Å². The minimum absolute atomic E-state index is 0.0840. The number of hydrogen-bond donors (Lipinski definition) is 0. The van der Waals surface area contributed by atoms with Crippen molar-refractivity contribution < 1.29 is 13.9 Å². The molecule has 0 saturated carbocycles. The van der Waals surface area contributed by atoms with Crippen LogP contribution < -0.4 is 14.9 Å². The van der Waals surface area contributed by atoms with Crippen molar-refractivity contribution in [1.29, 1.82) is 0 Å². The van der Waals surface area contributed by atoms with E-state index >= 15 is 0 Å². The van der Waals surface area contributed by atoms with Gasteiger partial charge in [-0.2, -0.15) is 0 Å². The van der Waals surface area contributed by atoms with Crippen molar-refractivity contribution in [3.63, 3.8) is 0 Å². The molecule has 0 bridgehead atoms. The van der Waals surface area contributed by atoms with Gasteiger partial charge in [-0.3, -0.25) is 4.79 Å². The maximum Gasteiger partial charge on any atom is 0.204 e. The van der Waals surface area contributed by atoms with Gasteiger partial charge in [0.25, 0.3) is 0 Å². The molecule has 0 amide bonds.